The second-order valence-electron chi connectivity index (χ2n) is 4.45. The number of hydrogen-bond donors (Lipinski definition) is 2. The van der Waals surface area contributed by atoms with E-state index in [0.717, 1.165) is 16.5 Å². The third kappa shape index (κ3) is 2.81. The minimum atomic E-state index is -0.200. The van der Waals surface area contributed by atoms with E-state index in [-0.39, 0.29) is 11.9 Å². The molecule has 0 spiro atoms. The predicted molar refractivity (Wildman–Crippen MR) is 66.3 cm³/mol. The van der Waals surface area contributed by atoms with Crippen LogP contribution in [0.25, 0.3) is 0 Å². The van der Waals surface area contributed by atoms with E-state index < -0.39 is 0 Å². The first-order valence-corrected chi connectivity index (χ1v) is 6.39. The second-order valence-corrected chi connectivity index (χ2v) is 5.36. The van der Waals surface area contributed by atoms with E-state index in [1.807, 2.05) is 6.07 Å². The minimum Gasteiger partial charge on any atom is -0.271 e. The van der Waals surface area contributed by atoms with Gasteiger partial charge < -0.3 is 0 Å². The molecule has 16 heavy (non-hydrogen) atoms. The molecule has 1 fully saturated rings. The first kappa shape index (κ1) is 12.0. The zero-order chi connectivity index (χ0) is 11.5. The summed E-state index contributed by atoms with van der Waals surface area (Å²) in [5, 5.41) is 0. The van der Waals surface area contributed by atoms with Gasteiger partial charge in [0, 0.05) is 10.5 Å². The number of hydrogen-bond acceptors (Lipinski definition) is 2. The van der Waals surface area contributed by atoms with Gasteiger partial charge >= 0.3 is 0 Å². The Bertz CT molecular complexity index is 346. The molecule has 0 amide bonds. The van der Waals surface area contributed by atoms with Gasteiger partial charge in [-0.05, 0) is 48.9 Å². The lowest BCUT2D eigenvalue weighted by molar-refractivity contribution is 0.228. The quantitative estimate of drug-likeness (QED) is 0.660. The topological polar surface area (TPSA) is 38.0 Å². The lowest BCUT2D eigenvalue weighted by Crippen LogP contribution is -2.44. The highest BCUT2D eigenvalue weighted by atomic mass is 79.9. The third-order valence-electron chi connectivity index (χ3n) is 3.31. The van der Waals surface area contributed by atoms with Crippen molar-refractivity contribution >= 4 is 15.9 Å². The van der Waals surface area contributed by atoms with E-state index in [1.165, 1.54) is 25.3 Å². The van der Waals surface area contributed by atoms with Crippen LogP contribution < -0.4 is 11.3 Å². The van der Waals surface area contributed by atoms with Crippen molar-refractivity contribution in [3.05, 3.63) is 34.1 Å². The molecule has 2 rings (SSSR count). The van der Waals surface area contributed by atoms with Crippen molar-refractivity contribution in [2.24, 2.45) is 11.8 Å². The van der Waals surface area contributed by atoms with Crippen LogP contribution in [0.4, 0.5) is 4.39 Å². The Morgan fingerprint density at radius 1 is 1.44 bits per heavy atom. The number of nitrogens with two attached hydrogens (primary N) is 1. The Hall–Kier alpha value is -0.450. The molecule has 2 nitrogen and oxygen atoms in total. The van der Waals surface area contributed by atoms with E-state index in [4.69, 9.17) is 5.84 Å². The summed E-state index contributed by atoms with van der Waals surface area (Å²) in [4.78, 5) is 0. The van der Waals surface area contributed by atoms with E-state index in [1.54, 1.807) is 6.07 Å². The van der Waals surface area contributed by atoms with Crippen molar-refractivity contribution in [1.29, 1.82) is 0 Å². The highest BCUT2D eigenvalue weighted by molar-refractivity contribution is 9.10. The Kier molecular flexibility index (Phi) is 3.95. The Morgan fingerprint density at radius 3 is 2.69 bits per heavy atom. The van der Waals surface area contributed by atoms with Crippen LogP contribution in [-0.2, 0) is 6.42 Å². The van der Waals surface area contributed by atoms with Gasteiger partial charge in [-0.1, -0.05) is 22.4 Å². The average Bonchev–Trinajstić information content (AvgIpc) is 2.12. The van der Waals surface area contributed by atoms with Crippen molar-refractivity contribution < 1.29 is 4.39 Å². The van der Waals surface area contributed by atoms with Gasteiger partial charge in [-0.15, -0.1) is 0 Å². The largest absolute Gasteiger partial charge is 0.271 e. The molecular formula is C12H16BrFN2. The van der Waals surface area contributed by atoms with Gasteiger partial charge in [0.1, 0.15) is 5.82 Å². The predicted octanol–water partition coefficient (Wildman–Crippen LogP) is 2.76. The van der Waals surface area contributed by atoms with E-state index >= 15 is 0 Å². The first-order chi connectivity index (χ1) is 7.69. The zero-order valence-electron chi connectivity index (χ0n) is 9.05. The summed E-state index contributed by atoms with van der Waals surface area (Å²) in [6, 6.07) is 5.26. The fraction of sp³-hybridized carbons (Fsp3) is 0.500. The summed E-state index contributed by atoms with van der Waals surface area (Å²) in [6.07, 6.45) is 4.53. The van der Waals surface area contributed by atoms with Crippen molar-refractivity contribution in [1.82, 2.24) is 5.43 Å². The van der Waals surface area contributed by atoms with Crippen LogP contribution in [0, 0.1) is 11.7 Å². The number of rotatable bonds is 4. The van der Waals surface area contributed by atoms with E-state index in [0.29, 0.717) is 5.92 Å². The van der Waals surface area contributed by atoms with E-state index in [2.05, 4.69) is 21.4 Å². The summed E-state index contributed by atoms with van der Waals surface area (Å²) in [5.74, 6) is 6.00. The van der Waals surface area contributed by atoms with Gasteiger partial charge in [-0.25, -0.2) is 4.39 Å². The normalized spacial score (nSPS) is 18.2. The molecule has 0 heterocycles. The monoisotopic (exact) mass is 286 g/mol. The molecular weight excluding hydrogens is 271 g/mol. The SMILES string of the molecule is NNC(Cc1cc(F)cc(Br)c1)C1CCC1. The average molecular weight is 287 g/mol. The summed E-state index contributed by atoms with van der Waals surface area (Å²) in [6.45, 7) is 0. The summed E-state index contributed by atoms with van der Waals surface area (Å²) in [7, 11) is 0. The van der Waals surface area contributed by atoms with Crippen molar-refractivity contribution in [3.63, 3.8) is 0 Å². The molecule has 1 unspecified atom stereocenters. The molecule has 1 saturated carbocycles. The van der Waals surface area contributed by atoms with Gasteiger partial charge in [0.2, 0.25) is 0 Å². The molecule has 1 aliphatic rings. The number of benzene rings is 1. The summed E-state index contributed by atoms with van der Waals surface area (Å²) in [5.41, 5.74) is 3.84. The van der Waals surface area contributed by atoms with Gasteiger partial charge in [-0.3, -0.25) is 11.3 Å². The molecule has 88 valence electrons. The van der Waals surface area contributed by atoms with Crippen LogP contribution in [0.3, 0.4) is 0 Å². The number of hydrazine groups is 1. The number of nitrogens with one attached hydrogen (secondary N) is 1. The van der Waals surface area contributed by atoms with Gasteiger partial charge in [0.15, 0.2) is 0 Å². The maximum Gasteiger partial charge on any atom is 0.124 e. The molecule has 3 N–H and O–H groups in total. The second kappa shape index (κ2) is 5.25. The molecule has 1 aliphatic carbocycles. The van der Waals surface area contributed by atoms with Crippen LogP contribution in [0.1, 0.15) is 24.8 Å². The van der Waals surface area contributed by atoms with Crippen LogP contribution >= 0.6 is 15.9 Å². The fourth-order valence-electron chi connectivity index (χ4n) is 2.19. The maximum absolute atomic E-state index is 13.2. The van der Waals surface area contributed by atoms with Gasteiger partial charge in [0.05, 0.1) is 0 Å². The van der Waals surface area contributed by atoms with Crippen LogP contribution in [0.5, 0.6) is 0 Å². The Morgan fingerprint density at radius 2 is 2.19 bits per heavy atom. The highest BCUT2D eigenvalue weighted by Gasteiger charge is 2.26. The first-order valence-electron chi connectivity index (χ1n) is 5.60. The number of halogens is 2. The van der Waals surface area contributed by atoms with Crippen LogP contribution in [0.2, 0.25) is 0 Å². The van der Waals surface area contributed by atoms with Gasteiger partial charge in [0.25, 0.3) is 0 Å². The molecule has 0 radical (unpaired) electrons. The Labute approximate surface area is 104 Å². The summed E-state index contributed by atoms with van der Waals surface area (Å²) >= 11 is 3.30. The molecule has 1 aromatic carbocycles. The molecule has 0 aliphatic heterocycles. The molecule has 0 aromatic heterocycles. The standard InChI is InChI=1S/C12H16BrFN2/c13-10-4-8(5-11(14)7-10)6-12(16-15)9-2-1-3-9/h4-5,7,9,12,16H,1-3,6,15H2. The van der Waals surface area contributed by atoms with Crippen molar-refractivity contribution in [2.75, 3.05) is 0 Å². The smallest absolute Gasteiger partial charge is 0.124 e. The van der Waals surface area contributed by atoms with Gasteiger partial charge in [-0.2, -0.15) is 0 Å². The molecule has 0 saturated heterocycles. The Balaban J connectivity index is 2.05. The molecule has 1 aromatic rings. The molecule has 1 atom stereocenters. The molecule has 0 bridgehead atoms. The van der Waals surface area contributed by atoms with Crippen molar-refractivity contribution in [2.45, 2.75) is 31.7 Å². The molecule has 4 heteroatoms. The third-order valence-corrected chi connectivity index (χ3v) is 3.77. The highest BCUT2D eigenvalue weighted by Crippen LogP contribution is 2.31. The maximum atomic E-state index is 13.2. The zero-order valence-corrected chi connectivity index (χ0v) is 10.6. The lowest BCUT2D eigenvalue weighted by atomic mass is 9.78. The van der Waals surface area contributed by atoms with Crippen LogP contribution in [0.15, 0.2) is 22.7 Å². The minimum absolute atomic E-state index is 0.200. The van der Waals surface area contributed by atoms with E-state index in [9.17, 15) is 4.39 Å². The fourth-order valence-corrected chi connectivity index (χ4v) is 2.70. The van der Waals surface area contributed by atoms with Crippen LogP contribution in [-0.4, -0.2) is 6.04 Å². The van der Waals surface area contributed by atoms with Crippen molar-refractivity contribution in [3.8, 4) is 0 Å². The summed E-state index contributed by atoms with van der Waals surface area (Å²) < 4.78 is 14.0. The lowest BCUT2D eigenvalue weighted by Gasteiger charge is -2.33.